The molecule has 0 saturated carbocycles. The first-order valence-corrected chi connectivity index (χ1v) is 7.15. The van der Waals surface area contributed by atoms with Gasteiger partial charge in [-0.2, -0.15) is 0 Å². The first kappa shape index (κ1) is 13.3. The molecule has 0 spiro atoms. The number of fused-ring (bicyclic) bond motifs is 1. The second-order valence-corrected chi connectivity index (χ2v) is 5.68. The zero-order chi connectivity index (χ0) is 14.1. The van der Waals surface area contributed by atoms with E-state index < -0.39 is 0 Å². The summed E-state index contributed by atoms with van der Waals surface area (Å²) in [5.41, 5.74) is 11.3. The van der Waals surface area contributed by atoms with Gasteiger partial charge in [-0.1, -0.05) is 11.6 Å². The summed E-state index contributed by atoms with van der Waals surface area (Å²) in [7, 11) is 0. The summed E-state index contributed by atoms with van der Waals surface area (Å²) in [6, 6.07) is 5.47. The molecule has 7 heteroatoms. The van der Waals surface area contributed by atoms with Gasteiger partial charge in [0.05, 0.1) is 21.3 Å². The molecule has 0 aromatic carbocycles. The van der Waals surface area contributed by atoms with E-state index in [0.717, 1.165) is 21.3 Å². The fourth-order valence-electron chi connectivity index (χ4n) is 2.08. The number of hydrazine groups is 1. The van der Waals surface area contributed by atoms with Crippen molar-refractivity contribution in [1.82, 2.24) is 15.4 Å². The number of nitrogen functional groups attached to an aromatic ring is 1. The zero-order valence-corrected chi connectivity index (χ0v) is 11.9. The third kappa shape index (κ3) is 2.34. The molecule has 0 saturated heterocycles. The van der Waals surface area contributed by atoms with Crippen molar-refractivity contribution in [2.24, 2.45) is 5.84 Å². The Balaban J connectivity index is 2.10. The van der Waals surface area contributed by atoms with Gasteiger partial charge in [-0.25, -0.2) is 10.4 Å². The first-order valence-electron chi connectivity index (χ1n) is 5.89. The van der Waals surface area contributed by atoms with Crippen molar-refractivity contribution >= 4 is 39.0 Å². The van der Waals surface area contributed by atoms with Crippen LogP contribution in [0, 0.1) is 0 Å². The summed E-state index contributed by atoms with van der Waals surface area (Å²) in [5, 5.41) is 2.52. The number of nitrogens with two attached hydrogens (primary N) is 2. The molecule has 102 valence electrons. The molecule has 0 bridgehead atoms. The lowest BCUT2D eigenvalue weighted by atomic mass is 10.0. The Kier molecular flexibility index (Phi) is 3.54. The molecule has 0 radical (unpaired) electrons. The minimum Gasteiger partial charge on any atom is -0.383 e. The van der Waals surface area contributed by atoms with Gasteiger partial charge in [-0.3, -0.25) is 10.8 Å². The Morgan fingerprint density at radius 1 is 1.25 bits per heavy atom. The number of pyridine rings is 2. The van der Waals surface area contributed by atoms with E-state index in [-0.39, 0.29) is 6.04 Å². The lowest BCUT2D eigenvalue weighted by molar-refractivity contribution is 0.635. The van der Waals surface area contributed by atoms with Crippen LogP contribution in [0.4, 0.5) is 5.82 Å². The summed E-state index contributed by atoms with van der Waals surface area (Å²) in [6.45, 7) is 0. The summed E-state index contributed by atoms with van der Waals surface area (Å²) >= 11 is 7.61. The summed E-state index contributed by atoms with van der Waals surface area (Å²) in [4.78, 5) is 8.47. The number of nitrogens with zero attached hydrogens (tertiary/aromatic N) is 2. The first-order chi connectivity index (χ1) is 9.69. The molecule has 0 amide bonds. The molecule has 3 aromatic rings. The largest absolute Gasteiger partial charge is 0.383 e. The second-order valence-electron chi connectivity index (χ2n) is 4.30. The van der Waals surface area contributed by atoms with E-state index in [1.54, 1.807) is 23.6 Å². The van der Waals surface area contributed by atoms with Crippen molar-refractivity contribution < 1.29 is 0 Å². The third-order valence-electron chi connectivity index (χ3n) is 3.05. The van der Waals surface area contributed by atoms with E-state index in [2.05, 4.69) is 15.4 Å². The van der Waals surface area contributed by atoms with Crippen molar-refractivity contribution in [3.8, 4) is 0 Å². The highest BCUT2D eigenvalue weighted by Gasteiger charge is 2.17. The third-order valence-corrected chi connectivity index (χ3v) is 4.11. The molecule has 1 atom stereocenters. The Morgan fingerprint density at radius 3 is 2.90 bits per heavy atom. The van der Waals surface area contributed by atoms with Gasteiger partial charge in [-0.05, 0) is 29.1 Å². The molecule has 0 aliphatic heterocycles. The van der Waals surface area contributed by atoms with E-state index in [4.69, 9.17) is 23.2 Å². The highest BCUT2D eigenvalue weighted by molar-refractivity contribution is 7.17. The quantitative estimate of drug-likeness (QED) is 0.511. The molecule has 20 heavy (non-hydrogen) atoms. The molecule has 0 aliphatic carbocycles. The zero-order valence-electron chi connectivity index (χ0n) is 10.4. The fraction of sp³-hybridized carbons (Fsp3) is 0.0769. The number of thiophene rings is 1. The molecule has 3 aromatic heterocycles. The number of anilines is 1. The van der Waals surface area contributed by atoms with Crippen LogP contribution in [0.3, 0.4) is 0 Å². The normalized spacial score (nSPS) is 12.7. The molecule has 3 rings (SSSR count). The molecule has 3 heterocycles. The van der Waals surface area contributed by atoms with Crippen molar-refractivity contribution in [3.63, 3.8) is 0 Å². The number of halogens is 1. The number of rotatable bonds is 3. The van der Waals surface area contributed by atoms with Crippen LogP contribution < -0.4 is 17.0 Å². The summed E-state index contributed by atoms with van der Waals surface area (Å²) < 4.78 is 1.09. The van der Waals surface area contributed by atoms with Crippen molar-refractivity contribution in [1.29, 1.82) is 0 Å². The lowest BCUT2D eigenvalue weighted by Gasteiger charge is -2.18. The van der Waals surface area contributed by atoms with Crippen LogP contribution in [0.25, 0.3) is 10.2 Å². The molecule has 1 unspecified atom stereocenters. The maximum Gasteiger partial charge on any atom is 0.128 e. The molecule has 5 N–H and O–H groups in total. The molecule has 5 nitrogen and oxygen atoms in total. The molecular weight excluding hydrogens is 294 g/mol. The van der Waals surface area contributed by atoms with Gasteiger partial charge in [-0.15, -0.1) is 11.3 Å². The SMILES string of the molecule is NNC(c1cnc2ccsc2c1)c1cc(Cl)cnc1N. The van der Waals surface area contributed by atoms with E-state index in [1.807, 2.05) is 17.5 Å². The van der Waals surface area contributed by atoms with Gasteiger partial charge in [0.25, 0.3) is 0 Å². The van der Waals surface area contributed by atoms with E-state index in [0.29, 0.717) is 10.8 Å². The average molecular weight is 306 g/mol. The number of hydrogen-bond donors (Lipinski definition) is 3. The topological polar surface area (TPSA) is 89.8 Å². The van der Waals surface area contributed by atoms with E-state index in [1.165, 1.54) is 6.20 Å². The van der Waals surface area contributed by atoms with Crippen LogP contribution in [0.15, 0.2) is 36.0 Å². The average Bonchev–Trinajstić information content (AvgIpc) is 2.91. The number of aromatic nitrogens is 2. The van der Waals surface area contributed by atoms with Crippen LogP contribution in [0.2, 0.25) is 5.02 Å². The predicted molar refractivity (Wildman–Crippen MR) is 82.4 cm³/mol. The van der Waals surface area contributed by atoms with Crippen molar-refractivity contribution in [2.45, 2.75) is 6.04 Å². The Hall–Kier alpha value is -1.73. The van der Waals surface area contributed by atoms with Crippen LogP contribution in [0.1, 0.15) is 17.2 Å². The smallest absolute Gasteiger partial charge is 0.128 e. The van der Waals surface area contributed by atoms with Crippen LogP contribution in [-0.4, -0.2) is 9.97 Å². The highest BCUT2D eigenvalue weighted by atomic mass is 35.5. The standard InChI is InChI=1S/C13H12ClN5S/c14-8-4-9(13(15)18-6-8)12(19-16)7-3-11-10(17-5-7)1-2-20-11/h1-6,12,19H,16H2,(H2,15,18). The van der Waals surface area contributed by atoms with Gasteiger partial charge in [0.1, 0.15) is 5.82 Å². The molecule has 0 fully saturated rings. The van der Waals surface area contributed by atoms with E-state index in [9.17, 15) is 0 Å². The lowest BCUT2D eigenvalue weighted by Crippen LogP contribution is -2.29. The van der Waals surface area contributed by atoms with Crippen LogP contribution in [-0.2, 0) is 0 Å². The van der Waals surface area contributed by atoms with Crippen molar-refractivity contribution in [2.75, 3.05) is 5.73 Å². The summed E-state index contributed by atoms with van der Waals surface area (Å²) in [6.07, 6.45) is 3.29. The highest BCUT2D eigenvalue weighted by Crippen LogP contribution is 2.29. The number of hydrogen-bond acceptors (Lipinski definition) is 6. The van der Waals surface area contributed by atoms with Gasteiger partial charge >= 0.3 is 0 Å². The Bertz CT molecular complexity index is 757. The maximum atomic E-state index is 5.98. The fourth-order valence-corrected chi connectivity index (χ4v) is 3.04. The monoisotopic (exact) mass is 305 g/mol. The van der Waals surface area contributed by atoms with Gasteiger partial charge in [0.2, 0.25) is 0 Å². The second kappa shape index (κ2) is 5.34. The van der Waals surface area contributed by atoms with Gasteiger partial charge in [0.15, 0.2) is 0 Å². The van der Waals surface area contributed by atoms with E-state index >= 15 is 0 Å². The minimum absolute atomic E-state index is 0.305. The van der Waals surface area contributed by atoms with Crippen LogP contribution >= 0.6 is 22.9 Å². The molecular formula is C13H12ClN5S. The Labute approximate surface area is 124 Å². The number of nitrogens with one attached hydrogen (secondary N) is 1. The molecule has 0 aliphatic rings. The minimum atomic E-state index is -0.305. The van der Waals surface area contributed by atoms with Gasteiger partial charge in [0, 0.05) is 18.0 Å². The maximum absolute atomic E-state index is 5.98. The summed E-state index contributed by atoms with van der Waals surface area (Å²) in [5.74, 6) is 6.07. The van der Waals surface area contributed by atoms with Gasteiger partial charge < -0.3 is 5.73 Å². The predicted octanol–water partition coefficient (Wildman–Crippen LogP) is 2.48. The Morgan fingerprint density at radius 2 is 2.10 bits per heavy atom. The van der Waals surface area contributed by atoms with Crippen molar-refractivity contribution in [3.05, 3.63) is 52.1 Å². The van der Waals surface area contributed by atoms with Crippen LogP contribution in [0.5, 0.6) is 0 Å².